The summed E-state index contributed by atoms with van der Waals surface area (Å²) in [5.41, 5.74) is 6.87. The van der Waals surface area contributed by atoms with E-state index in [0.29, 0.717) is 22.9 Å². The average molecular weight is 393 g/mol. The van der Waals surface area contributed by atoms with Gasteiger partial charge in [0.15, 0.2) is 5.82 Å². The van der Waals surface area contributed by atoms with E-state index >= 15 is 0 Å². The molecule has 2 heterocycles. The van der Waals surface area contributed by atoms with Crippen molar-refractivity contribution in [3.05, 3.63) is 51.9 Å². The molecule has 27 heavy (non-hydrogen) atoms. The van der Waals surface area contributed by atoms with E-state index in [0.717, 1.165) is 0 Å². The molecule has 0 fully saturated rings. The minimum Gasteiger partial charge on any atom is -0.507 e. The van der Waals surface area contributed by atoms with Crippen LogP contribution in [0.4, 0.5) is 10.2 Å². The summed E-state index contributed by atoms with van der Waals surface area (Å²) in [6.07, 6.45) is 3.22. The predicted octanol–water partition coefficient (Wildman–Crippen LogP) is 3.45. The van der Waals surface area contributed by atoms with Gasteiger partial charge in [-0.3, -0.25) is 4.40 Å². The fourth-order valence-corrected chi connectivity index (χ4v) is 3.28. The van der Waals surface area contributed by atoms with Crippen molar-refractivity contribution in [1.82, 2.24) is 14.4 Å². The maximum absolute atomic E-state index is 14.4. The summed E-state index contributed by atoms with van der Waals surface area (Å²) in [5.74, 6) is -2.22. The fraction of sp³-hybridized carbons (Fsp3) is 0.278. The van der Waals surface area contributed by atoms with Crippen molar-refractivity contribution in [2.45, 2.75) is 26.7 Å². The number of nitrogens with two attached hydrogens (primary N) is 1. The topological polar surface area (TPSA) is 103 Å². The Morgan fingerprint density at radius 1 is 1.52 bits per heavy atom. The normalized spacial score (nSPS) is 12.3. The first-order valence-corrected chi connectivity index (χ1v) is 8.62. The lowest BCUT2D eigenvalue weighted by atomic mass is 9.96. The molecule has 142 valence electrons. The molecule has 7 nitrogen and oxygen atoms in total. The summed E-state index contributed by atoms with van der Waals surface area (Å²) in [6.45, 7) is 5.15. The molecular formula is C18H18ClFN4O3. The predicted molar refractivity (Wildman–Crippen MR) is 98.7 cm³/mol. The first kappa shape index (κ1) is 18.9. The third-order valence-electron chi connectivity index (χ3n) is 4.34. The average Bonchev–Trinajstić information content (AvgIpc) is 2.96. The zero-order valence-corrected chi connectivity index (χ0v) is 15.7. The van der Waals surface area contributed by atoms with Gasteiger partial charge in [0, 0.05) is 23.9 Å². The Morgan fingerprint density at radius 3 is 2.89 bits per heavy atom. The largest absolute Gasteiger partial charge is 0.507 e. The summed E-state index contributed by atoms with van der Waals surface area (Å²) in [7, 11) is 0. The third kappa shape index (κ3) is 3.06. The van der Waals surface area contributed by atoms with E-state index in [4.69, 9.17) is 22.1 Å². The highest BCUT2D eigenvalue weighted by molar-refractivity contribution is 6.31. The van der Waals surface area contributed by atoms with E-state index in [9.17, 15) is 14.3 Å². The number of imidazole rings is 1. The molecule has 3 aromatic rings. The van der Waals surface area contributed by atoms with E-state index in [1.807, 2.05) is 0 Å². The molecule has 0 unspecified atom stereocenters. The third-order valence-corrected chi connectivity index (χ3v) is 4.61. The molecule has 0 saturated heterocycles. The number of hydrogen-bond donors (Lipinski definition) is 2. The Hall–Kier alpha value is -2.87. The summed E-state index contributed by atoms with van der Waals surface area (Å²) in [5, 5.41) is 10.3. The highest BCUT2D eigenvalue weighted by Crippen LogP contribution is 2.38. The second-order valence-electron chi connectivity index (χ2n) is 6.01. The van der Waals surface area contributed by atoms with Crippen LogP contribution in [0.1, 0.15) is 47.2 Å². The first-order valence-electron chi connectivity index (χ1n) is 8.24. The van der Waals surface area contributed by atoms with Crippen LogP contribution in [0.2, 0.25) is 5.02 Å². The van der Waals surface area contributed by atoms with Gasteiger partial charge in [-0.25, -0.2) is 19.2 Å². The second-order valence-corrected chi connectivity index (χ2v) is 6.42. The summed E-state index contributed by atoms with van der Waals surface area (Å²) >= 11 is 5.96. The van der Waals surface area contributed by atoms with Crippen molar-refractivity contribution in [3.63, 3.8) is 0 Å². The van der Waals surface area contributed by atoms with Gasteiger partial charge in [-0.15, -0.1) is 0 Å². The summed E-state index contributed by atoms with van der Waals surface area (Å²) in [4.78, 5) is 20.6. The van der Waals surface area contributed by atoms with Crippen molar-refractivity contribution in [2.75, 3.05) is 12.3 Å². The standard InChI is InChI=1S/C18H18ClFN4O3/c1-4-27-18(26)12-13(20)11(19)7-10(15(12)25)8(2)17-23-9(3)14-16(21)22-5-6-24(14)17/h5-8,25H,4H2,1-3H3,(H2,21,22)/t8-/m0/s1. The van der Waals surface area contributed by atoms with Gasteiger partial charge in [-0.05, 0) is 19.9 Å². The number of carbonyl (C=O) groups is 1. The van der Waals surface area contributed by atoms with E-state index in [-0.39, 0.29) is 17.2 Å². The Kier molecular flexibility index (Phi) is 4.93. The van der Waals surface area contributed by atoms with Crippen LogP contribution >= 0.6 is 11.6 Å². The number of aromatic hydroxyl groups is 1. The van der Waals surface area contributed by atoms with Gasteiger partial charge in [0.1, 0.15) is 28.5 Å². The smallest absolute Gasteiger partial charge is 0.345 e. The van der Waals surface area contributed by atoms with Crippen LogP contribution < -0.4 is 5.73 Å². The van der Waals surface area contributed by atoms with E-state index in [1.165, 1.54) is 12.3 Å². The number of halogens is 2. The number of anilines is 1. The first-order chi connectivity index (χ1) is 12.8. The number of ether oxygens (including phenoxy) is 1. The lowest BCUT2D eigenvalue weighted by molar-refractivity contribution is 0.0517. The fourth-order valence-electron chi connectivity index (χ4n) is 3.07. The Balaban J connectivity index is 2.20. The zero-order chi connectivity index (χ0) is 19.9. The highest BCUT2D eigenvalue weighted by Gasteiger charge is 2.28. The minimum absolute atomic E-state index is 0.0332. The molecule has 3 rings (SSSR count). The maximum Gasteiger partial charge on any atom is 0.345 e. The van der Waals surface area contributed by atoms with Crippen molar-refractivity contribution < 1.29 is 19.0 Å². The zero-order valence-electron chi connectivity index (χ0n) is 15.0. The molecule has 1 aromatic carbocycles. The van der Waals surface area contributed by atoms with Crippen molar-refractivity contribution >= 4 is 28.9 Å². The second kappa shape index (κ2) is 7.03. The molecule has 3 N–H and O–H groups in total. The van der Waals surface area contributed by atoms with Crippen LogP contribution in [0.15, 0.2) is 18.5 Å². The molecule has 1 atom stereocenters. The monoisotopic (exact) mass is 392 g/mol. The van der Waals surface area contributed by atoms with E-state index < -0.39 is 29.0 Å². The quantitative estimate of drug-likeness (QED) is 0.659. The molecule has 0 radical (unpaired) electrons. The van der Waals surface area contributed by atoms with Crippen LogP contribution in [0.3, 0.4) is 0 Å². The van der Waals surface area contributed by atoms with Crippen molar-refractivity contribution in [1.29, 1.82) is 0 Å². The van der Waals surface area contributed by atoms with E-state index in [1.54, 1.807) is 31.4 Å². The van der Waals surface area contributed by atoms with Gasteiger partial charge < -0.3 is 15.6 Å². The number of aryl methyl sites for hydroxylation is 1. The van der Waals surface area contributed by atoms with Crippen LogP contribution in [-0.4, -0.2) is 32.1 Å². The number of phenolic OH excluding ortho intramolecular Hbond substituents is 1. The molecule has 0 spiro atoms. The Labute approximate surface area is 159 Å². The molecule has 2 aromatic heterocycles. The number of nitrogens with zero attached hydrogens (tertiary/aromatic N) is 3. The number of phenols is 1. The molecule has 9 heteroatoms. The molecule has 0 saturated carbocycles. The Bertz CT molecular complexity index is 1050. The summed E-state index contributed by atoms with van der Waals surface area (Å²) < 4.78 is 20.9. The number of hydrogen-bond acceptors (Lipinski definition) is 6. The number of benzene rings is 1. The van der Waals surface area contributed by atoms with Gasteiger partial charge in [0.05, 0.1) is 17.3 Å². The SMILES string of the molecule is CCOC(=O)c1c(O)c([C@H](C)c2nc(C)c3c(N)nccn23)cc(Cl)c1F. The molecule has 0 bridgehead atoms. The van der Waals surface area contributed by atoms with Crippen LogP contribution in [0.5, 0.6) is 5.75 Å². The molecule has 0 aliphatic carbocycles. The van der Waals surface area contributed by atoms with Gasteiger partial charge in [-0.1, -0.05) is 18.5 Å². The van der Waals surface area contributed by atoms with Gasteiger partial charge in [0.2, 0.25) is 0 Å². The van der Waals surface area contributed by atoms with E-state index in [2.05, 4.69) is 9.97 Å². The lowest BCUT2D eigenvalue weighted by Crippen LogP contribution is -2.11. The van der Waals surface area contributed by atoms with Gasteiger partial charge in [0.25, 0.3) is 0 Å². The number of carbonyl (C=O) groups excluding carboxylic acids is 1. The summed E-state index contributed by atoms with van der Waals surface area (Å²) in [6, 6.07) is 1.28. The number of esters is 1. The van der Waals surface area contributed by atoms with Gasteiger partial charge >= 0.3 is 5.97 Å². The maximum atomic E-state index is 14.4. The number of aromatic nitrogens is 3. The van der Waals surface area contributed by atoms with Crippen LogP contribution in [0.25, 0.3) is 5.52 Å². The molecule has 0 aliphatic rings. The number of nitrogen functional groups attached to an aromatic ring is 1. The molecular weight excluding hydrogens is 375 g/mol. The van der Waals surface area contributed by atoms with Crippen LogP contribution in [0, 0.1) is 12.7 Å². The molecule has 0 amide bonds. The lowest BCUT2D eigenvalue weighted by Gasteiger charge is -2.16. The minimum atomic E-state index is -1.03. The van der Waals surface area contributed by atoms with Crippen LogP contribution in [-0.2, 0) is 4.74 Å². The highest BCUT2D eigenvalue weighted by atomic mass is 35.5. The van der Waals surface area contributed by atoms with Crippen molar-refractivity contribution in [2.24, 2.45) is 0 Å². The number of rotatable bonds is 4. The van der Waals surface area contributed by atoms with Gasteiger partial charge in [-0.2, -0.15) is 0 Å². The molecule has 0 aliphatic heterocycles. The number of fused-ring (bicyclic) bond motifs is 1. The Morgan fingerprint density at radius 2 is 2.22 bits per heavy atom. The van der Waals surface area contributed by atoms with Crippen molar-refractivity contribution in [3.8, 4) is 5.75 Å².